The van der Waals surface area contributed by atoms with Gasteiger partial charge in [0.2, 0.25) is 5.91 Å². The fourth-order valence-electron chi connectivity index (χ4n) is 5.15. The van der Waals surface area contributed by atoms with Crippen molar-refractivity contribution in [3.8, 4) is 17.0 Å². The summed E-state index contributed by atoms with van der Waals surface area (Å²) >= 11 is 6.10. The first-order valence-electron chi connectivity index (χ1n) is 13.4. The lowest BCUT2D eigenvalue weighted by atomic mass is 10.1. The molecule has 1 unspecified atom stereocenters. The standard InChI is InChI=1S/C29H32ClFN6O4/c1-35-9-10-36(21(18-35)15-29(39)40-2)8-6-28(38)34-27-14-20(5-7-32-27)37-11-12-41-26-17-33-24(16-25(26)37)22-13-19(30)3-4-23(22)31/h3-5,7,13-14,16-17,21H,6,8-12,15,18H2,1-2H3,(H,32,34,38). The minimum atomic E-state index is -0.424. The number of carbonyl (C=O) groups is 2. The molecule has 12 heteroatoms. The molecule has 3 aromatic rings. The fourth-order valence-corrected chi connectivity index (χ4v) is 5.32. The molecule has 0 radical (unpaired) electrons. The molecule has 2 aliphatic rings. The summed E-state index contributed by atoms with van der Waals surface area (Å²) in [6.45, 7) is 3.87. The number of rotatable bonds is 8. The molecule has 1 N–H and O–H groups in total. The van der Waals surface area contributed by atoms with E-state index in [9.17, 15) is 14.0 Å². The minimum Gasteiger partial charge on any atom is -0.488 e. The van der Waals surface area contributed by atoms with Crippen molar-refractivity contribution in [2.24, 2.45) is 0 Å². The molecule has 1 atom stereocenters. The Morgan fingerprint density at radius 3 is 2.85 bits per heavy atom. The van der Waals surface area contributed by atoms with Gasteiger partial charge in [-0.25, -0.2) is 9.37 Å². The van der Waals surface area contributed by atoms with Crippen LogP contribution in [0.25, 0.3) is 11.3 Å². The van der Waals surface area contributed by atoms with Gasteiger partial charge in [0.15, 0.2) is 5.75 Å². The monoisotopic (exact) mass is 582 g/mol. The van der Waals surface area contributed by atoms with E-state index < -0.39 is 5.82 Å². The quantitative estimate of drug-likeness (QED) is 0.395. The summed E-state index contributed by atoms with van der Waals surface area (Å²) in [4.78, 5) is 39.8. The average molecular weight is 583 g/mol. The Morgan fingerprint density at radius 1 is 1.17 bits per heavy atom. The Hall–Kier alpha value is -3.80. The highest BCUT2D eigenvalue weighted by atomic mass is 35.5. The van der Waals surface area contributed by atoms with Crippen LogP contribution < -0.4 is 15.0 Å². The zero-order valence-electron chi connectivity index (χ0n) is 23.0. The van der Waals surface area contributed by atoms with Gasteiger partial charge in [-0.15, -0.1) is 0 Å². The van der Waals surface area contributed by atoms with Crippen LogP contribution in [0.2, 0.25) is 5.02 Å². The molecule has 2 aromatic heterocycles. The second-order valence-electron chi connectivity index (χ2n) is 10.1. The van der Waals surface area contributed by atoms with Crippen LogP contribution in [0, 0.1) is 5.82 Å². The summed E-state index contributed by atoms with van der Waals surface area (Å²) < 4.78 is 25.2. The van der Waals surface area contributed by atoms with Crippen molar-refractivity contribution in [3.05, 3.63) is 59.6 Å². The van der Waals surface area contributed by atoms with E-state index in [0.717, 1.165) is 31.0 Å². The Labute approximate surface area is 243 Å². The van der Waals surface area contributed by atoms with Crippen LogP contribution >= 0.6 is 11.6 Å². The van der Waals surface area contributed by atoms with E-state index >= 15 is 0 Å². The number of amides is 1. The first-order chi connectivity index (χ1) is 19.8. The van der Waals surface area contributed by atoms with Crippen LogP contribution in [-0.4, -0.2) is 91.2 Å². The summed E-state index contributed by atoms with van der Waals surface area (Å²) in [6, 6.07) is 9.75. The van der Waals surface area contributed by atoms with Crippen LogP contribution in [0.1, 0.15) is 12.8 Å². The number of ether oxygens (including phenoxy) is 2. The van der Waals surface area contributed by atoms with Crippen molar-refractivity contribution in [1.82, 2.24) is 19.8 Å². The smallest absolute Gasteiger partial charge is 0.307 e. The highest BCUT2D eigenvalue weighted by Crippen LogP contribution is 2.39. The third kappa shape index (κ3) is 6.92. The number of hydrogen-bond acceptors (Lipinski definition) is 9. The van der Waals surface area contributed by atoms with Gasteiger partial charge in [0.05, 0.1) is 37.7 Å². The normalized spacial score (nSPS) is 17.5. The van der Waals surface area contributed by atoms with Gasteiger partial charge in [-0.3, -0.25) is 19.5 Å². The number of nitrogens with one attached hydrogen (secondary N) is 1. The Morgan fingerprint density at radius 2 is 2.02 bits per heavy atom. The van der Waals surface area contributed by atoms with E-state index in [4.69, 9.17) is 21.1 Å². The lowest BCUT2D eigenvalue weighted by molar-refractivity contribution is -0.142. The summed E-state index contributed by atoms with van der Waals surface area (Å²) in [6.07, 6.45) is 3.75. The number of fused-ring (bicyclic) bond motifs is 1. The van der Waals surface area contributed by atoms with Crippen LogP contribution in [0.5, 0.6) is 5.75 Å². The topological polar surface area (TPSA) is 100 Å². The van der Waals surface area contributed by atoms with Gasteiger partial charge in [0.25, 0.3) is 0 Å². The molecule has 2 aliphatic heterocycles. The van der Waals surface area contributed by atoms with E-state index in [2.05, 4.69) is 25.1 Å². The van der Waals surface area contributed by atoms with Gasteiger partial charge in [-0.05, 0) is 37.4 Å². The number of benzene rings is 1. The molecule has 0 spiro atoms. The first kappa shape index (κ1) is 28.7. The number of piperazine rings is 1. The minimum absolute atomic E-state index is 0.00314. The van der Waals surface area contributed by atoms with Gasteiger partial charge in [0, 0.05) is 67.2 Å². The van der Waals surface area contributed by atoms with Crippen molar-refractivity contribution in [3.63, 3.8) is 0 Å². The molecular formula is C29H32ClFN6O4. The second-order valence-corrected chi connectivity index (χ2v) is 10.5. The van der Waals surface area contributed by atoms with E-state index in [1.54, 1.807) is 30.6 Å². The number of hydrogen-bond donors (Lipinski definition) is 1. The molecule has 216 valence electrons. The lowest BCUT2D eigenvalue weighted by Crippen LogP contribution is -2.53. The molecule has 1 fully saturated rings. The number of carbonyl (C=O) groups excluding carboxylic acids is 2. The summed E-state index contributed by atoms with van der Waals surface area (Å²) in [5.41, 5.74) is 2.23. The number of nitrogens with zero attached hydrogens (tertiary/aromatic N) is 5. The van der Waals surface area contributed by atoms with Crippen molar-refractivity contribution in [1.29, 1.82) is 0 Å². The maximum Gasteiger partial charge on any atom is 0.307 e. The molecule has 4 heterocycles. The lowest BCUT2D eigenvalue weighted by Gasteiger charge is -2.39. The van der Waals surface area contributed by atoms with E-state index in [0.29, 0.717) is 47.5 Å². The predicted octanol–water partition coefficient (Wildman–Crippen LogP) is 3.97. The third-order valence-electron chi connectivity index (χ3n) is 7.30. The molecule has 1 aromatic carbocycles. The number of likely N-dealkylation sites (N-methyl/N-ethyl adjacent to an activating group) is 1. The Kier molecular flexibility index (Phi) is 8.96. The Bertz CT molecular complexity index is 1430. The number of esters is 1. The highest BCUT2D eigenvalue weighted by molar-refractivity contribution is 6.30. The van der Waals surface area contributed by atoms with E-state index in [-0.39, 0.29) is 30.8 Å². The number of aromatic nitrogens is 2. The van der Waals surface area contributed by atoms with Gasteiger partial charge in [-0.1, -0.05) is 11.6 Å². The molecule has 1 amide bonds. The van der Waals surface area contributed by atoms with Gasteiger partial charge in [-0.2, -0.15) is 0 Å². The first-order valence-corrected chi connectivity index (χ1v) is 13.8. The molecule has 1 saturated heterocycles. The summed E-state index contributed by atoms with van der Waals surface area (Å²) in [5, 5.41) is 3.31. The molecule has 0 saturated carbocycles. The number of halogens is 2. The van der Waals surface area contributed by atoms with Crippen LogP contribution in [0.4, 0.5) is 21.6 Å². The maximum atomic E-state index is 14.6. The van der Waals surface area contributed by atoms with Gasteiger partial charge in [0.1, 0.15) is 18.2 Å². The van der Waals surface area contributed by atoms with Crippen LogP contribution in [0.15, 0.2) is 48.8 Å². The summed E-state index contributed by atoms with van der Waals surface area (Å²) in [7, 11) is 3.41. The number of pyridine rings is 2. The molecule has 0 aliphatic carbocycles. The summed E-state index contributed by atoms with van der Waals surface area (Å²) in [5.74, 6) is 0.132. The molecular weight excluding hydrogens is 551 g/mol. The second kappa shape index (κ2) is 12.8. The van der Waals surface area contributed by atoms with E-state index in [1.165, 1.54) is 19.2 Å². The zero-order chi connectivity index (χ0) is 28.9. The largest absolute Gasteiger partial charge is 0.488 e. The fraction of sp³-hybridized carbons (Fsp3) is 0.379. The van der Waals surface area contributed by atoms with E-state index in [1.807, 2.05) is 18.0 Å². The molecule has 10 nitrogen and oxygen atoms in total. The average Bonchev–Trinajstić information content (AvgIpc) is 2.97. The molecule has 5 rings (SSSR count). The molecule has 41 heavy (non-hydrogen) atoms. The highest BCUT2D eigenvalue weighted by Gasteiger charge is 2.28. The van der Waals surface area contributed by atoms with Gasteiger partial charge < -0.3 is 24.6 Å². The van der Waals surface area contributed by atoms with Gasteiger partial charge >= 0.3 is 5.97 Å². The molecule has 0 bridgehead atoms. The van der Waals surface area contributed by atoms with Crippen molar-refractivity contribution >= 4 is 40.7 Å². The number of methoxy groups -OCH3 is 1. The maximum absolute atomic E-state index is 14.6. The third-order valence-corrected chi connectivity index (χ3v) is 7.54. The van der Waals surface area contributed by atoms with Crippen molar-refractivity contribution < 1.29 is 23.5 Å². The van der Waals surface area contributed by atoms with Crippen molar-refractivity contribution in [2.45, 2.75) is 18.9 Å². The SMILES string of the molecule is COC(=O)CC1CN(C)CCN1CCC(=O)Nc1cc(N2CCOc3cnc(-c4cc(Cl)ccc4F)cc32)ccn1. The van der Waals surface area contributed by atoms with Crippen molar-refractivity contribution in [2.75, 3.05) is 63.7 Å². The number of anilines is 3. The van der Waals surface area contributed by atoms with Crippen LogP contribution in [0.3, 0.4) is 0 Å². The predicted molar refractivity (Wildman–Crippen MR) is 154 cm³/mol. The van der Waals surface area contributed by atoms with Crippen LogP contribution in [-0.2, 0) is 14.3 Å². The zero-order valence-corrected chi connectivity index (χ0v) is 23.7. The Balaban J connectivity index is 1.28.